The quantitative estimate of drug-likeness (QED) is 0.868. The van der Waals surface area contributed by atoms with Gasteiger partial charge in [0, 0.05) is 11.1 Å². The van der Waals surface area contributed by atoms with Gasteiger partial charge in [-0.15, -0.1) is 0 Å². The molecule has 0 radical (unpaired) electrons. The molecule has 1 rings (SSSR count). The molecule has 1 atom stereocenters. The van der Waals surface area contributed by atoms with E-state index in [2.05, 4.69) is 5.32 Å². The Morgan fingerprint density at radius 1 is 1.47 bits per heavy atom. The first kappa shape index (κ1) is 13.8. The van der Waals surface area contributed by atoms with Gasteiger partial charge < -0.3 is 10.4 Å². The molecule has 0 aliphatic heterocycles. The Labute approximate surface area is 107 Å². The summed E-state index contributed by atoms with van der Waals surface area (Å²) >= 11 is 5.80. The van der Waals surface area contributed by atoms with E-state index >= 15 is 0 Å². The van der Waals surface area contributed by atoms with Gasteiger partial charge in [-0.05, 0) is 30.5 Å². The first-order valence-corrected chi connectivity index (χ1v) is 6.12. The number of carbonyl (C=O) groups is 1. The zero-order chi connectivity index (χ0) is 13.0. The second-order valence-corrected chi connectivity index (χ2v) is 4.83. The minimum absolute atomic E-state index is 0.0505. The van der Waals surface area contributed by atoms with Gasteiger partial charge in [0.05, 0.1) is 5.56 Å². The normalized spacial score (nSPS) is 12.5. The van der Waals surface area contributed by atoms with Crippen LogP contribution >= 0.6 is 11.6 Å². The standard InChI is InChI=1S/C13H18ClNO2/c1-4-11(8(2)3)15-13(17)10-7-9(14)5-6-12(10)16/h5-8,11,16H,4H2,1-3H3,(H,15,17). The highest BCUT2D eigenvalue weighted by Crippen LogP contribution is 2.21. The number of benzene rings is 1. The zero-order valence-corrected chi connectivity index (χ0v) is 11.1. The van der Waals surface area contributed by atoms with E-state index in [4.69, 9.17) is 11.6 Å². The van der Waals surface area contributed by atoms with Gasteiger partial charge >= 0.3 is 0 Å². The minimum Gasteiger partial charge on any atom is -0.507 e. The Kier molecular flexibility index (Phi) is 4.82. The monoisotopic (exact) mass is 255 g/mol. The highest BCUT2D eigenvalue weighted by atomic mass is 35.5. The summed E-state index contributed by atoms with van der Waals surface area (Å²) in [4.78, 5) is 12.0. The minimum atomic E-state index is -0.287. The van der Waals surface area contributed by atoms with E-state index in [0.29, 0.717) is 10.9 Å². The Morgan fingerprint density at radius 3 is 2.65 bits per heavy atom. The van der Waals surface area contributed by atoms with Crippen molar-refractivity contribution in [1.29, 1.82) is 0 Å². The van der Waals surface area contributed by atoms with Crippen LogP contribution in [0.4, 0.5) is 0 Å². The smallest absolute Gasteiger partial charge is 0.255 e. The molecular formula is C13H18ClNO2. The molecule has 1 aromatic rings. The van der Waals surface area contributed by atoms with E-state index in [-0.39, 0.29) is 23.3 Å². The van der Waals surface area contributed by atoms with Gasteiger partial charge in [0.1, 0.15) is 5.75 Å². The molecule has 2 N–H and O–H groups in total. The molecule has 3 nitrogen and oxygen atoms in total. The molecule has 1 amide bonds. The lowest BCUT2D eigenvalue weighted by atomic mass is 10.0. The number of phenolic OH excluding ortho intramolecular Hbond substituents is 1. The molecule has 0 aliphatic rings. The predicted octanol–water partition coefficient (Wildman–Crippen LogP) is 3.21. The number of nitrogens with one attached hydrogen (secondary N) is 1. The number of hydrogen-bond donors (Lipinski definition) is 2. The van der Waals surface area contributed by atoms with Crippen molar-refractivity contribution in [3.63, 3.8) is 0 Å². The second kappa shape index (κ2) is 5.92. The third-order valence-electron chi connectivity index (χ3n) is 2.76. The van der Waals surface area contributed by atoms with Crippen molar-refractivity contribution in [2.24, 2.45) is 5.92 Å². The lowest BCUT2D eigenvalue weighted by Gasteiger charge is -2.20. The summed E-state index contributed by atoms with van der Waals surface area (Å²) in [6.45, 7) is 6.11. The number of rotatable bonds is 4. The van der Waals surface area contributed by atoms with Gasteiger partial charge in [-0.25, -0.2) is 0 Å². The Hall–Kier alpha value is -1.22. The largest absolute Gasteiger partial charge is 0.507 e. The number of carbonyl (C=O) groups excluding carboxylic acids is 1. The topological polar surface area (TPSA) is 49.3 Å². The van der Waals surface area contributed by atoms with Crippen LogP contribution in [0, 0.1) is 5.92 Å². The van der Waals surface area contributed by atoms with Crippen molar-refractivity contribution in [3.05, 3.63) is 28.8 Å². The highest BCUT2D eigenvalue weighted by Gasteiger charge is 2.17. The fraction of sp³-hybridized carbons (Fsp3) is 0.462. The average molecular weight is 256 g/mol. The molecule has 0 fully saturated rings. The second-order valence-electron chi connectivity index (χ2n) is 4.39. The summed E-state index contributed by atoms with van der Waals surface area (Å²) in [5.41, 5.74) is 0.219. The number of hydrogen-bond acceptors (Lipinski definition) is 2. The Morgan fingerprint density at radius 2 is 2.12 bits per heavy atom. The molecule has 0 aliphatic carbocycles. The van der Waals surface area contributed by atoms with E-state index in [9.17, 15) is 9.90 Å². The third-order valence-corrected chi connectivity index (χ3v) is 3.00. The lowest BCUT2D eigenvalue weighted by molar-refractivity contribution is 0.0922. The molecule has 0 bridgehead atoms. The van der Waals surface area contributed by atoms with Crippen LogP contribution in [0.1, 0.15) is 37.6 Å². The predicted molar refractivity (Wildman–Crippen MR) is 69.5 cm³/mol. The van der Waals surface area contributed by atoms with Crippen molar-refractivity contribution >= 4 is 17.5 Å². The van der Waals surface area contributed by atoms with Gasteiger partial charge in [-0.3, -0.25) is 4.79 Å². The van der Waals surface area contributed by atoms with Crippen LogP contribution in [0.25, 0.3) is 0 Å². The van der Waals surface area contributed by atoms with Crippen LogP contribution in [-0.2, 0) is 0 Å². The van der Waals surface area contributed by atoms with Crippen molar-refractivity contribution in [2.75, 3.05) is 0 Å². The molecule has 0 spiro atoms. The molecule has 94 valence electrons. The molecule has 4 heteroatoms. The maximum atomic E-state index is 12.0. The zero-order valence-electron chi connectivity index (χ0n) is 10.3. The van der Waals surface area contributed by atoms with Crippen LogP contribution in [0.15, 0.2) is 18.2 Å². The Balaban J connectivity index is 2.86. The van der Waals surface area contributed by atoms with Gasteiger partial charge in [-0.2, -0.15) is 0 Å². The molecule has 0 aromatic heterocycles. The van der Waals surface area contributed by atoms with Crippen LogP contribution in [-0.4, -0.2) is 17.1 Å². The molecule has 1 unspecified atom stereocenters. The molecule has 0 heterocycles. The Bertz CT molecular complexity index is 404. The van der Waals surface area contributed by atoms with Crippen LogP contribution in [0.5, 0.6) is 5.75 Å². The van der Waals surface area contributed by atoms with Crippen molar-refractivity contribution in [1.82, 2.24) is 5.32 Å². The number of amides is 1. The summed E-state index contributed by atoms with van der Waals surface area (Å²) in [6, 6.07) is 4.54. The van der Waals surface area contributed by atoms with E-state index < -0.39 is 0 Å². The van der Waals surface area contributed by atoms with Gasteiger partial charge in [0.15, 0.2) is 0 Å². The number of aromatic hydroxyl groups is 1. The molecule has 0 saturated heterocycles. The number of halogens is 1. The van der Waals surface area contributed by atoms with Crippen LogP contribution < -0.4 is 5.32 Å². The maximum Gasteiger partial charge on any atom is 0.255 e. The van der Waals surface area contributed by atoms with E-state index in [1.54, 1.807) is 6.07 Å². The van der Waals surface area contributed by atoms with Crippen LogP contribution in [0.3, 0.4) is 0 Å². The lowest BCUT2D eigenvalue weighted by Crippen LogP contribution is -2.38. The highest BCUT2D eigenvalue weighted by molar-refractivity contribution is 6.31. The van der Waals surface area contributed by atoms with Gasteiger partial charge in [0.25, 0.3) is 5.91 Å². The first-order chi connectivity index (χ1) is 7.95. The molecule has 1 aromatic carbocycles. The van der Waals surface area contributed by atoms with Gasteiger partial charge in [0.2, 0.25) is 0 Å². The summed E-state index contributed by atoms with van der Waals surface area (Å²) < 4.78 is 0. The fourth-order valence-electron chi connectivity index (χ4n) is 1.68. The van der Waals surface area contributed by atoms with Gasteiger partial charge in [-0.1, -0.05) is 32.4 Å². The maximum absolute atomic E-state index is 12.0. The third kappa shape index (κ3) is 3.63. The number of phenols is 1. The summed E-state index contributed by atoms with van der Waals surface area (Å²) in [5.74, 6) is 0.0151. The van der Waals surface area contributed by atoms with E-state index in [1.165, 1.54) is 12.1 Å². The average Bonchev–Trinajstić information content (AvgIpc) is 2.28. The molecule has 0 saturated carbocycles. The van der Waals surface area contributed by atoms with Crippen molar-refractivity contribution < 1.29 is 9.90 Å². The van der Waals surface area contributed by atoms with Crippen molar-refractivity contribution in [2.45, 2.75) is 33.2 Å². The molecule has 17 heavy (non-hydrogen) atoms. The van der Waals surface area contributed by atoms with E-state index in [1.807, 2.05) is 20.8 Å². The van der Waals surface area contributed by atoms with Crippen molar-refractivity contribution in [3.8, 4) is 5.75 Å². The summed E-state index contributed by atoms with van der Waals surface area (Å²) in [7, 11) is 0. The summed E-state index contributed by atoms with van der Waals surface area (Å²) in [5, 5.41) is 12.9. The van der Waals surface area contributed by atoms with Crippen LogP contribution in [0.2, 0.25) is 5.02 Å². The molecular weight excluding hydrogens is 238 g/mol. The van der Waals surface area contributed by atoms with E-state index in [0.717, 1.165) is 6.42 Å². The SMILES string of the molecule is CCC(NC(=O)c1cc(Cl)ccc1O)C(C)C. The summed E-state index contributed by atoms with van der Waals surface area (Å²) in [6.07, 6.45) is 0.852. The first-order valence-electron chi connectivity index (χ1n) is 5.75. The fourth-order valence-corrected chi connectivity index (χ4v) is 1.85.